The average Bonchev–Trinajstić information content (AvgIpc) is 2.77. The SMILES string of the molecule is COc1ccc([N+](=O)[O-])cc1NC(=O)C(C)N1CCN(S(=O)(=O)N2CC(C)OC(C)C2)CC1. The molecule has 0 aromatic heterocycles. The standard InChI is InChI=1S/C20H31N5O7S/c1-14-12-24(13-15(2)32-14)33(29,30)23-9-7-22(8-10-23)16(3)20(26)21-18-11-17(25(27)28)5-6-19(18)31-4/h5-6,11,14-16H,7-10,12-13H2,1-4H3,(H,21,26). The molecule has 0 radical (unpaired) electrons. The van der Waals surface area contributed by atoms with Gasteiger partial charge in [-0.3, -0.25) is 19.8 Å². The molecule has 1 amide bonds. The lowest BCUT2D eigenvalue weighted by atomic mass is 10.2. The highest BCUT2D eigenvalue weighted by molar-refractivity contribution is 7.86. The van der Waals surface area contributed by atoms with Crippen molar-refractivity contribution in [1.29, 1.82) is 0 Å². The van der Waals surface area contributed by atoms with E-state index in [4.69, 9.17) is 9.47 Å². The number of morpholine rings is 1. The Bertz CT molecular complexity index is 971. The van der Waals surface area contributed by atoms with Crippen LogP contribution in [0.15, 0.2) is 18.2 Å². The lowest BCUT2D eigenvalue weighted by Gasteiger charge is -2.41. The summed E-state index contributed by atoms with van der Waals surface area (Å²) in [6.45, 7) is 7.35. The number of carbonyl (C=O) groups excluding carboxylic acids is 1. The van der Waals surface area contributed by atoms with Crippen LogP contribution in [0.5, 0.6) is 5.75 Å². The molecule has 0 spiro atoms. The van der Waals surface area contributed by atoms with Crippen LogP contribution >= 0.6 is 0 Å². The molecule has 1 aromatic carbocycles. The molecule has 2 fully saturated rings. The second-order valence-electron chi connectivity index (χ2n) is 8.32. The normalized spacial score (nSPS) is 24.2. The predicted octanol–water partition coefficient (Wildman–Crippen LogP) is 0.902. The summed E-state index contributed by atoms with van der Waals surface area (Å²) in [6, 6.07) is 3.41. The number of piperazine rings is 1. The maximum atomic E-state index is 13.1. The average molecular weight is 486 g/mol. The Balaban J connectivity index is 1.61. The summed E-state index contributed by atoms with van der Waals surface area (Å²) in [6.07, 6.45) is -0.335. The predicted molar refractivity (Wildman–Crippen MR) is 121 cm³/mol. The number of benzene rings is 1. The second kappa shape index (κ2) is 10.3. The summed E-state index contributed by atoms with van der Waals surface area (Å²) in [4.78, 5) is 25.2. The minimum Gasteiger partial charge on any atom is -0.495 e. The quantitative estimate of drug-likeness (QED) is 0.445. The van der Waals surface area contributed by atoms with Gasteiger partial charge in [0.05, 0.1) is 36.0 Å². The largest absolute Gasteiger partial charge is 0.495 e. The maximum absolute atomic E-state index is 13.1. The van der Waals surface area contributed by atoms with Crippen LogP contribution in [-0.2, 0) is 19.7 Å². The summed E-state index contributed by atoms with van der Waals surface area (Å²) in [5.74, 6) is -0.0491. The van der Waals surface area contributed by atoms with Crippen LogP contribution < -0.4 is 10.1 Å². The van der Waals surface area contributed by atoms with Gasteiger partial charge in [-0.2, -0.15) is 17.0 Å². The molecule has 3 atom stereocenters. The van der Waals surface area contributed by atoms with Crippen LogP contribution in [0.25, 0.3) is 0 Å². The van der Waals surface area contributed by atoms with E-state index in [2.05, 4.69) is 5.32 Å². The molecule has 0 saturated carbocycles. The first-order valence-electron chi connectivity index (χ1n) is 10.8. The summed E-state index contributed by atoms with van der Waals surface area (Å²) in [5, 5.41) is 13.8. The van der Waals surface area contributed by atoms with Crippen LogP contribution in [0, 0.1) is 10.1 Å². The molecule has 184 valence electrons. The number of rotatable bonds is 7. The van der Waals surface area contributed by atoms with Crippen molar-refractivity contribution in [2.75, 3.05) is 51.7 Å². The molecule has 2 heterocycles. The lowest BCUT2D eigenvalue weighted by molar-refractivity contribution is -0.384. The third kappa shape index (κ3) is 5.79. The van der Waals surface area contributed by atoms with Crippen LogP contribution in [-0.4, -0.2) is 97.4 Å². The molecule has 3 rings (SSSR count). The van der Waals surface area contributed by atoms with E-state index in [1.807, 2.05) is 18.7 Å². The second-order valence-corrected chi connectivity index (χ2v) is 10.3. The molecular weight excluding hydrogens is 454 g/mol. The fourth-order valence-electron chi connectivity index (χ4n) is 4.11. The molecule has 1 aromatic rings. The van der Waals surface area contributed by atoms with Crippen LogP contribution in [0.2, 0.25) is 0 Å². The minimum absolute atomic E-state index is 0.163. The third-order valence-corrected chi connectivity index (χ3v) is 7.86. The smallest absolute Gasteiger partial charge is 0.282 e. The molecule has 2 aliphatic heterocycles. The Hall–Kier alpha value is -2.32. The number of ether oxygens (including phenoxy) is 2. The van der Waals surface area contributed by atoms with E-state index < -0.39 is 21.2 Å². The van der Waals surface area contributed by atoms with Gasteiger partial charge >= 0.3 is 0 Å². The number of methoxy groups -OCH3 is 1. The van der Waals surface area contributed by atoms with Gasteiger partial charge in [0.2, 0.25) is 5.91 Å². The Morgan fingerprint density at radius 1 is 1.18 bits per heavy atom. The van der Waals surface area contributed by atoms with Crippen LogP contribution in [0.4, 0.5) is 11.4 Å². The monoisotopic (exact) mass is 485 g/mol. The van der Waals surface area contributed by atoms with Gasteiger partial charge in [-0.15, -0.1) is 0 Å². The van der Waals surface area contributed by atoms with Crippen molar-refractivity contribution in [3.05, 3.63) is 28.3 Å². The third-order valence-electron chi connectivity index (χ3n) is 5.89. The Kier molecular flexibility index (Phi) is 7.90. The number of nitrogens with one attached hydrogen (secondary N) is 1. The maximum Gasteiger partial charge on any atom is 0.282 e. The fraction of sp³-hybridized carbons (Fsp3) is 0.650. The number of carbonyl (C=O) groups is 1. The molecule has 0 aliphatic carbocycles. The molecule has 33 heavy (non-hydrogen) atoms. The molecule has 1 N–H and O–H groups in total. The van der Waals surface area contributed by atoms with Gasteiger partial charge in [0.1, 0.15) is 5.75 Å². The van der Waals surface area contributed by atoms with Gasteiger partial charge in [-0.25, -0.2) is 0 Å². The highest BCUT2D eigenvalue weighted by Gasteiger charge is 2.37. The Morgan fingerprint density at radius 3 is 2.33 bits per heavy atom. The van der Waals surface area contributed by atoms with Crippen molar-refractivity contribution in [1.82, 2.24) is 13.5 Å². The fourth-order valence-corrected chi connectivity index (χ4v) is 5.86. The minimum atomic E-state index is -3.61. The molecular formula is C20H31N5O7S. The van der Waals surface area contributed by atoms with Gasteiger partial charge in [0.25, 0.3) is 15.9 Å². The van der Waals surface area contributed by atoms with E-state index >= 15 is 0 Å². The number of anilines is 1. The van der Waals surface area contributed by atoms with Gasteiger partial charge < -0.3 is 14.8 Å². The Morgan fingerprint density at radius 2 is 1.79 bits per heavy atom. The lowest BCUT2D eigenvalue weighted by Crippen LogP contribution is -2.58. The number of non-ortho nitro benzene ring substituents is 1. The number of amides is 1. The summed E-state index contributed by atoms with van der Waals surface area (Å²) >= 11 is 0. The van der Waals surface area contributed by atoms with Gasteiger partial charge in [-0.05, 0) is 26.8 Å². The number of hydrogen-bond acceptors (Lipinski definition) is 8. The zero-order chi connectivity index (χ0) is 24.3. The van der Waals surface area contributed by atoms with Gasteiger partial charge in [0.15, 0.2) is 0 Å². The molecule has 3 unspecified atom stereocenters. The molecule has 12 nitrogen and oxygen atoms in total. The summed E-state index contributed by atoms with van der Waals surface area (Å²) in [5.41, 5.74) is 0.0460. The van der Waals surface area contributed by atoms with E-state index in [-0.39, 0.29) is 42.6 Å². The zero-order valence-electron chi connectivity index (χ0n) is 19.3. The number of nitro benzene ring substituents is 1. The van der Waals surface area contributed by atoms with Crippen molar-refractivity contribution >= 4 is 27.5 Å². The van der Waals surface area contributed by atoms with E-state index in [1.54, 1.807) is 6.92 Å². The van der Waals surface area contributed by atoms with E-state index in [9.17, 15) is 23.3 Å². The first-order chi connectivity index (χ1) is 15.5. The highest BCUT2D eigenvalue weighted by Crippen LogP contribution is 2.29. The van der Waals surface area contributed by atoms with Crippen molar-refractivity contribution in [3.63, 3.8) is 0 Å². The summed E-state index contributed by atoms with van der Waals surface area (Å²) < 4.78 is 39.9. The van der Waals surface area contributed by atoms with E-state index in [1.165, 1.54) is 33.9 Å². The number of hydrogen-bond donors (Lipinski definition) is 1. The molecule has 0 bridgehead atoms. The van der Waals surface area contributed by atoms with Crippen molar-refractivity contribution < 1.29 is 27.6 Å². The van der Waals surface area contributed by atoms with Crippen molar-refractivity contribution in [2.24, 2.45) is 0 Å². The van der Waals surface area contributed by atoms with Crippen LogP contribution in [0.3, 0.4) is 0 Å². The summed E-state index contributed by atoms with van der Waals surface area (Å²) in [7, 11) is -2.20. The molecule has 2 saturated heterocycles. The zero-order valence-corrected chi connectivity index (χ0v) is 20.1. The molecule has 2 aliphatic rings. The number of nitrogens with zero attached hydrogens (tertiary/aromatic N) is 4. The highest BCUT2D eigenvalue weighted by atomic mass is 32.2. The molecule has 13 heteroatoms. The van der Waals surface area contributed by atoms with Crippen LogP contribution in [0.1, 0.15) is 20.8 Å². The van der Waals surface area contributed by atoms with Crippen molar-refractivity contribution in [3.8, 4) is 5.75 Å². The van der Waals surface area contributed by atoms with Gasteiger partial charge in [0, 0.05) is 51.4 Å². The van der Waals surface area contributed by atoms with E-state index in [0.29, 0.717) is 31.9 Å². The van der Waals surface area contributed by atoms with Crippen molar-refractivity contribution in [2.45, 2.75) is 39.0 Å². The van der Waals surface area contributed by atoms with E-state index in [0.717, 1.165) is 0 Å². The number of nitro groups is 1. The Labute approximate surface area is 193 Å². The first-order valence-corrected chi connectivity index (χ1v) is 12.2. The first kappa shape index (κ1) is 25.3. The van der Waals surface area contributed by atoms with Gasteiger partial charge in [-0.1, -0.05) is 0 Å². The topological polar surface area (TPSA) is 135 Å².